The molecule has 64 valence electrons. The van der Waals surface area contributed by atoms with Crippen LogP contribution in [0.2, 0.25) is 0 Å². The lowest BCUT2D eigenvalue weighted by atomic mass is 9.73. The average Bonchev–Trinajstić information content (AvgIpc) is 2.37. The Balaban J connectivity index is 2.14. The Morgan fingerprint density at radius 2 is 2.18 bits per heavy atom. The van der Waals surface area contributed by atoms with Gasteiger partial charge < -0.3 is 0 Å². The van der Waals surface area contributed by atoms with E-state index in [1.165, 1.54) is 0 Å². The van der Waals surface area contributed by atoms with Gasteiger partial charge in [0, 0.05) is 12.8 Å². The number of nitrogens with zero attached hydrogens (tertiary/aromatic N) is 1. The van der Waals surface area contributed by atoms with Crippen molar-refractivity contribution in [3.63, 3.8) is 0 Å². The molecule has 2 heterocycles. The maximum atomic E-state index is 12.5. The van der Waals surface area contributed by atoms with Gasteiger partial charge in [-0.15, -0.1) is 9.24 Å². The van der Waals surface area contributed by atoms with Crippen LogP contribution in [0.5, 0.6) is 0 Å². The monoisotopic (exact) mass is 179 g/mol. The van der Waals surface area contributed by atoms with Crippen molar-refractivity contribution in [1.82, 2.24) is 4.90 Å². The van der Waals surface area contributed by atoms with Gasteiger partial charge in [-0.3, -0.25) is 4.90 Å². The van der Waals surface area contributed by atoms with Gasteiger partial charge in [0.05, 0.1) is 5.54 Å². The minimum atomic E-state index is -2.15. The summed E-state index contributed by atoms with van der Waals surface area (Å²) in [5.74, 6) is 0.560. The summed E-state index contributed by atoms with van der Waals surface area (Å²) >= 11 is 0. The van der Waals surface area contributed by atoms with Crippen molar-refractivity contribution in [3.05, 3.63) is 0 Å². The minimum absolute atomic E-state index is 0.560. The number of hydrogen-bond acceptors (Lipinski definition) is 1. The Bertz CT molecular complexity index is 168. The van der Waals surface area contributed by atoms with E-state index in [1.807, 2.05) is 4.90 Å². The summed E-state index contributed by atoms with van der Waals surface area (Å²) in [6.45, 7) is 0.883. The van der Waals surface area contributed by atoms with Gasteiger partial charge in [0.15, 0.2) is 0 Å². The topological polar surface area (TPSA) is 3.24 Å². The van der Waals surface area contributed by atoms with Gasteiger partial charge in [0.2, 0.25) is 0 Å². The molecule has 3 rings (SSSR count). The van der Waals surface area contributed by atoms with Crippen molar-refractivity contribution >= 4 is 9.24 Å². The van der Waals surface area contributed by atoms with Crippen LogP contribution in [0.3, 0.4) is 0 Å². The van der Waals surface area contributed by atoms with Gasteiger partial charge in [-0.2, -0.15) is 0 Å². The molecule has 1 unspecified atom stereocenters. The highest BCUT2D eigenvalue weighted by Gasteiger charge is 2.60. The van der Waals surface area contributed by atoms with E-state index in [0.29, 0.717) is 12.2 Å². The molecular formula is C7H12F2NP. The third-order valence-corrected chi connectivity index (χ3v) is 3.46. The molecule has 4 heteroatoms. The zero-order valence-electron chi connectivity index (χ0n) is 6.26. The first-order valence-corrected chi connectivity index (χ1v) is 4.74. The van der Waals surface area contributed by atoms with Gasteiger partial charge in [-0.25, -0.2) is 8.78 Å². The van der Waals surface area contributed by atoms with E-state index in [-0.39, 0.29) is 0 Å². The molecule has 0 amide bonds. The molecule has 0 aromatic rings. The minimum Gasteiger partial charge on any atom is -0.289 e. The number of alkyl halides is 2. The second-order valence-corrected chi connectivity index (χ2v) is 3.95. The number of halogens is 2. The number of rotatable bonds is 2. The summed E-state index contributed by atoms with van der Waals surface area (Å²) in [4.78, 5) is 1.91. The lowest BCUT2D eigenvalue weighted by molar-refractivity contribution is -0.0485. The molecule has 2 bridgehead atoms. The molecule has 0 aromatic carbocycles. The fourth-order valence-corrected chi connectivity index (χ4v) is 2.91. The second kappa shape index (κ2) is 2.37. The Labute approximate surface area is 67.3 Å². The summed E-state index contributed by atoms with van der Waals surface area (Å²) in [6.07, 6.45) is -0.0132. The Morgan fingerprint density at radius 3 is 2.55 bits per heavy atom. The van der Waals surface area contributed by atoms with Crippen LogP contribution in [0.4, 0.5) is 8.78 Å². The van der Waals surface area contributed by atoms with Crippen LogP contribution >= 0.6 is 9.24 Å². The molecule has 0 spiro atoms. The average molecular weight is 179 g/mol. The zero-order chi connectivity index (χ0) is 8.06. The van der Waals surface area contributed by atoms with Crippen molar-refractivity contribution in [2.45, 2.75) is 24.8 Å². The van der Waals surface area contributed by atoms with Crippen LogP contribution in [-0.4, -0.2) is 29.7 Å². The molecule has 1 aliphatic carbocycles. The molecule has 1 saturated carbocycles. The fourth-order valence-electron chi connectivity index (χ4n) is 2.39. The third-order valence-electron chi connectivity index (χ3n) is 3.02. The SMILES string of the molecule is FC(F)C12CC(CN1CP)C2. The standard InChI is InChI=1S/C7H12F2NP/c8-6(9)7-1-5(2-7)3-10(7)4-11/h5-6H,1-4,11H2. The predicted molar refractivity (Wildman–Crippen MR) is 42.7 cm³/mol. The van der Waals surface area contributed by atoms with Crippen LogP contribution in [0.25, 0.3) is 0 Å². The van der Waals surface area contributed by atoms with Crippen LogP contribution in [0.1, 0.15) is 12.8 Å². The fraction of sp³-hybridized carbons (Fsp3) is 1.00. The number of fused-ring (bicyclic) bond motifs is 1. The van der Waals surface area contributed by atoms with Gasteiger partial charge in [-0.1, -0.05) is 0 Å². The van der Waals surface area contributed by atoms with Crippen LogP contribution in [0.15, 0.2) is 0 Å². The second-order valence-electron chi connectivity index (χ2n) is 3.58. The van der Waals surface area contributed by atoms with E-state index >= 15 is 0 Å². The highest BCUT2D eigenvalue weighted by Crippen LogP contribution is 2.53. The van der Waals surface area contributed by atoms with Crippen molar-refractivity contribution in [3.8, 4) is 0 Å². The Hall–Kier alpha value is 0.250. The van der Waals surface area contributed by atoms with E-state index in [4.69, 9.17) is 0 Å². The van der Waals surface area contributed by atoms with Crippen molar-refractivity contribution < 1.29 is 8.78 Å². The first-order valence-electron chi connectivity index (χ1n) is 3.92. The summed E-state index contributed by atoms with van der Waals surface area (Å²) in [5, 5.41) is 0. The molecule has 1 nitrogen and oxygen atoms in total. The molecule has 3 aliphatic rings. The molecule has 0 N–H and O–H groups in total. The largest absolute Gasteiger partial charge is 0.289 e. The molecule has 2 saturated heterocycles. The predicted octanol–water partition coefficient (Wildman–Crippen LogP) is 1.55. The zero-order valence-corrected chi connectivity index (χ0v) is 7.42. The smallest absolute Gasteiger partial charge is 0.256 e. The summed E-state index contributed by atoms with van der Waals surface area (Å²) in [7, 11) is 2.53. The molecule has 1 atom stereocenters. The quantitative estimate of drug-likeness (QED) is 0.581. The third kappa shape index (κ3) is 0.874. The van der Waals surface area contributed by atoms with Gasteiger partial charge in [-0.05, 0) is 18.8 Å². The van der Waals surface area contributed by atoms with Gasteiger partial charge in [0.25, 0.3) is 6.43 Å². The molecule has 2 aliphatic heterocycles. The maximum Gasteiger partial charge on any atom is 0.256 e. The molecular weight excluding hydrogens is 167 g/mol. The van der Waals surface area contributed by atoms with Gasteiger partial charge >= 0.3 is 0 Å². The highest BCUT2D eigenvalue weighted by molar-refractivity contribution is 7.16. The summed E-state index contributed by atoms with van der Waals surface area (Å²) < 4.78 is 25.1. The van der Waals surface area contributed by atoms with E-state index in [0.717, 1.165) is 19.4 Å². The van der Waals surface area contributed by atoms with Crippen molar-refractivity contribution in [1.29, 1.82) is 0 Å². The van der Waals surface area contributed by atoms with E-state index in [1.54, 1.807) is 0 Å². The normalized spacial score (nSPS) is 43.1. The molecule has 11 heavy (non-hydrogen) atoms. The first kappa shape index (κ1) is 7.88. The lowest BCUT2D eigenvalue weighted by Gasteiger charge is -2.41. The van der Waals surface area contributed by atoms with Gasteiger partial charge in [0.1, 0.15) is 0 Å². The number of hydrogen-bond donors (Lipinski definition) is 0. The van der Waals surface area contributed by atoms with Crippen LogP contribution in [0, 0.1) is 5.92 Å². The Kier molecular flexibility index (Phi) is 1.69. The highest BCUT2D eigenvalue weighted by atomic mass is 31.0. The van der Waals surface area contributed by atoms with Crippen molar-refractivity contribution in [2.24, 2.45) is 5.92 Å². The lowest BCUT2D eigenvalue weighted by Crippen LogP contribution is -2.51. The summed E-state index contributed by atoms with van der Waals surface area (Å²) in [6, 6.07) is 0. The van der Waals surface area contributed by atoms with Crippen molar-refractivity contribution in [2.75, 3.05) is 12.8 Å². The van der Waals surface area contributed by atoms with Crippen LogP contribution in [-0.2, 0) is 0 Å². The Morgan fingerprint density at radius 1 is 1.55 bits per heavy atom. The van der Waals surface area contributed by atoms with E-state index < -0.39 is 12.0 Å². The molecule has 0 aromatic heterocycles. The first-order chi connectivity index (χ1) is 5.19. The molecule has 0 radical (unpaired) electrons. The summed E-state index contributed by atoms with van der Waals surface area (Å²) in [5.41, 5.74) is -0.716. The van der Waals surface area contributed by atoms with Crippen LogP contribution < -0.4 is 0 Å². The van der Waals surface area contributed by atoms with E-state index in [9.17, 15) is 8.78 Å². The van der Waals surface area contributed by atoms with E-state index in [2.05, 4.69) is 9.24 Å². The molecule has 3 fully saturated rings. The maximum absolute atomic E-state index is 12.5.